The Morgan fingerprint density at radius 1 is 1.07 bits per heavy atom. The molecule has 0 aromatic heterocycles. The number of carbonyl (C=O) groups excluding carboxylic acids is 2. The highest BCUT2D eigenvalue weighted by molar-refractivity contribution is 5.96. The smallest absolute Gasteiger partial charge is 0.378 e. The van der Waals surface area contributed by atoms with Crippen LogP contribution in [0.2, 0.25) is 0 Å². The SMILES string of the molecule is Cc1ccccc1C(=O)NCCC(=O)Nc1ccc(N(C)C)cc1C(F)(F)F. The van der Waals surface area contributed by atoms with Crippen molar-refractivity contribution in [2.45, 2.75) is 19.5 Å². The van der Waals surface area contributed by atoms with Crippen LogP contribution in [-0.2, 0) is 11.0 Å². The second-order valence-corrected chi connectivity index (χ2v) is 6.49. The second kappa shape index (κ2) is 8.77. The summed E-state index contributed by atoms with van der Waals surface area (Å²) in [5.41, 5.74) is 0.418. The summed E-state index contributed by atoms with van der Waals surface area (Å²) in [6.45, 7) is 1.80. The van der Waals surface area contributed by atoms with Gasteiger partial charge in [-0.15, -0.1) is 0 Å². The maximum atomic E-state index is 13.3. The second-order valence-electron chi connectivity index (χ2n) is 6.49. The molecule has 0 aliphatic rings. The van der Waals surface area contributed by atoms with Crippen LogP contribution in [-0.4, -0.2) is 32.5 Å². The van der Waals surface area contributed by atoms with Crippen molar-refractivity contribution >= 4 is 23.2 Å². The van der Waals surface area contributed by atoms with Gasteiger partial charge < -0.3 is 15.5 Å². The Morgan fingerprint density at radius 3 is 2.36 bits per heavy atom. The van der Waals surface area contributed by atoms with Gasteiger partial charge in [0, 0.05) is 38.3 Å². The number of nitrogens with one attached hydrogen (secondary N) is 2. The largest absolute Gasteiger partial charge is 0.418 e. The molecule has 8 heteroatoms. The number of nitrogens with zero attached hydrogens (tertiary/aromatic N) is 1. The Kier molecular flexibility index (Phi) is 6.66. The highest BCUT2D eigenvalue weighted by Gasteiger charge is 2.34. The summed E-state index contributed by atoms with van der Waals surface area (Å²) in [5, 5.41) is 4.88. The monoisotopic (exact) mass is 393 g/mol. The van der Waals surface area contributed by atoms with Crippen LogP contribution in [0.3, 0.4) is 0 Å². The van der Waals surface area contributed by atoms with E-state index in [0.29, 0.717) is 11.3 Å². The van der Waals surface area contributed by atoms with Crippen molar-refractivity contribution in [2.24, 2.45) is 0 Å². The molecule has 0 atom stereocenters. The molecule has 0 aliphatic carbocycles. The predicted molar refractivity (Wildman–Crippen MR) is 103 cm³/mol. The van der Waals surface area contributed by atoms with Crippen LogP contribution in [0, 0.1) is 6.92 Å². The molecule has 2 N–H and O–H groups in total. The van der Waals surface area contributed by atoms with Crippen LogP contribution in [0.25, 0.3) is 0 Å². The van der Waals surface area contributed by atoms with Gasteiger partial charge in [0.2, 0.25) is 5.91 Å². The van der Waals surface area contributed by atoms with E-state index in [1.807, 2.05) is 0 Å². The molecule has 2 rings (SSSR count). The summed E-state index contributed by atoms with van der Waals surface area (Å²) in [4.78, 5) is 25.7. The van der Waals surface area contributed by atoms with Gasteiger partial charge in [-0.2, -0.15) is 13.2 Å². The van der Waals surface area contributed by atoms with Crippen molar-refractivity contribution in [3.05, 3.63) is 59.2 Å². The van der Waals surface area contributed by atoms with Gasteiger partial charge in [-0.05, 0) is 36.8 Å². The van der Waals surface area contributed by atoms with E-state index in [1.165, 1.54) is 12.1 Å². The van der Waals surface area contributed by atoms with Crippen LogP contribution in [0.15, 0.2) is 42.5 Å². The Balaban J connectivity index is 1.99. The average molecular weight is 393 g/mol. The van der Waals surface area contributed by atoms with Gasteiger partial charge in [-0.25, -0.2) is 0 Å². The predicted octanol–water partition coefficient (Wildman–Crippen LogP) is 3.84. The van der Waals surface area contributed by atoms with Crippen LogP contribution in [0.4, 0.5) is 24.5 Å². The number of alkyl halides is 3. The number of benzene rings is 2. The zero-order chi connectivity index (χ0) is 20.9. The lowest BCUT2D eigenvalue weighted by Gasteiger charge is -2.18. The topological polar surface area (TPSA) is 61.4 Å². The zero-order valence-electron chi connectivity index (χ0n) is 15.9. The molecule has 5 nitrogen and oxygen atoms in total. The Hall–Kier alpha value is -3.03. The maximum Gasteiger partial charge on any atom is 0.418 e. The molecule has 2 aromatic rings. The lowest BCUT2D eigenvalue weighted by Crippen LogP contribution is -2.28. The summed E-state index contributed by atoms with van der Waals surface area (Å²) < 4.78 is 39.9. The molecule has 0 fully saturated rings. The molecule has 0 radical (unpaired) electrons. The number of anilines is 2. The van der Waals surface area contributed by atoms with E-state index in [9.17, 15) is 22.8 Å². The van der Waals surface area contributed by atoms with Gasteiger partial charge in [0.05, 0.1) is 11.3 Å². The highest BCUT2D eigenvalue weighted by atomic mass is 19.4. The first kappa shape index (κ1) is 21.3. The van der Waals surface area contributed by atoms with E-state index < -0.39 is 17.6 Å². The van der Waals surface area contributed by atoms with Crippen LogP contribution in [0.1, 0.15) is 27.9 Å². The van der Waals surface area contributed by atoms with E-state index in [1.54, 1.807) is 50.2 Å². The Morgan fingerprint density at radius 2 is 1.75 bits per heavy atom. The first-order valence-corrected chi connectivity index (χ1v) is 8.62. The van der Waals surface area contributed by atoms with Gasteiger partial charge in [0.1, 0.15) is 0 Å². The van der Waals surface area contributed by atoms with Crippen molar-refractivity contribution in [1.82, 2.24) is 5.32 Å². The van der Waals surface area contributed by atoms with Crippen molar-refractivity contribution in [3.63, 3.8) is 0 Å². The zero-order valence-corrected chi connectivity index (χ0v) is 15.9. The lowest BCUT2D eigenvalue weighted by molar-refractivity contribution is -0.136. The number of aryl methyl sites for hydroxylation is 1. The molecule has 0 unspecified atom stereocenters. The minimum absolute atomic E-state index is 0.0101. The molecule has 2 amide bonds. The molecule has 0 bridgehead atoms. The van der Waals surface area contributed by atoms with Gasteiger partial charge in [0.25, 0.3) is 5.91 Å². The van der Waals surface area contributed by atoms with Crippen LogP contribution >= 0.6 is 0 Å². The third kappa shape index (κ3) is 5.48. The summed E-state index contributed by atoms with van der Waals surface area (Å²) in [6, 6.07) is 10.7. The third-order valence-electron chi connectivity index (χ3n) is 4.13. The fourth-order valence-electron chi connectivity index (χ4n) is 2.58. The van der Waals surface area contributed by atoms with Crippen LogP contribution < -0.4 is 15.5 Å². The van der Waals surface area contributed by atoms with E-state index in [-0.39, 0.29) is 24.6 Å². The number of amides is 2. The lowest BCUT2D eigenvalue weighted by atomic mass is 10.1. The molecular formula is C20H22F3N3O2. The first-order chi connectivity index (χ1) is 13.1. The molecule has 28 heavy (non-hydrogen) atoms. The third-order valence-corrected chi connectivity index (χ3v) is 4.13. The Labute approximate surface area is 161 Å². The van der Waals surface area contributed by atoms with Crippen molar-refractivity contribution in [3.8, 4) is 0 Å². The van der Waals surface area contributed by atoms with E-state index in [2.05, 4.69) is 10.6 Å². The highest BCUT2D eigenvalue weighted by Crippen LogP contribution is 2.37. The molecule has 0 saturated carbocycles. The van der Waals surface area contributed by atoms with Crippen molar-refractivity contribution < 1.29 is 22.8 Å². The summed E-state index contributed by atoms with van der Waals surface area (Å²) in [6.07, 6.45) is -4.75. The molecule has 0 spiro atoms. The number of halogens is 3. The fraction of sp³-hybridized carbons (Fsp3) is 0.300. The first-order valence-electron chi connectivity index (χ1n) is 8.62. The molecule has 0 heterocycles. The number of hydrogen-bond acceptors (Lipinski definition) is 3. The van der Waals surface area contributed by atoms with Gasteiger partial charge in [-0.1, -0.05) is 18.2 Å². The standard InChI is InChI=1S/C20H22F3N3O2/c1-13-6-4-5-7-15(13)19(28)24-11-10-18(27)25-17-9-8-14(26(2)3)12-16(17)20(21,22)23/h4-9,12H,10-11H2,1-3H3,(H,24,28)(H,25,27). The molecule has 0 saturated heterocycles. The minimum atomic E-state index is -4.60. The summed E-state index contributed by atoms with van der Waals surface area (Å²) in [7, 11) is 3.26. The maximum absolute atomic E-state index is 13.3. The normalized spacial score (nSPS) is 11.1. The molecule has 0 aliphatic heterocycles. The van der Waals surface area contributed by atoms with E-state index in [0.717, 1.165) is 11.6 Å². The molecule has 2 aromatic carbocycles. The number of carbonyl (C=O) groups is 2. The summed E-state index contributed by atoms with van der Waals surface area (Å²) >= 11 is 0. The van der Waals surface area contributed by atoms with Gasteiger partial charge in [0.15, 0.2) is 0 Å². The van der Waals surface area contributed by atoms with E-state index >= 15 is 0 Å². The van der Waals surface area contributed by atoms with Gasteiger partial charge in [-0.3, -0.25) is 9.59 Å². The quantitative estimate of drug-likeness (QED) is 0.784. The van der Waals surface area contributed by atoms with Crippen molar-refractivity contribution in [1.29, 1.82) is 0 Å². The van der Waals surface area contributed by atoms with Crippen molar-refractivity contribution in [2.75, 3.05) is 30.9 Å². The minimum Gasteiger partial charge on any atom is -0.378 e. The van der Waals surface area contributed by atoms with Gasteiger partial charge >= 0.3 is 6.18 Å². The van der Waals surface area contributed by atoms with E-state index in [4.69, 9.17) is 0 Å². The fourth-order valence-corrected chi connectivity index (χ4v) is 2.58. The molecule has 150 valence electrons. The number of hydrogen-bond donors (Lipinski definition) is 2. The average Bonchev–Trinajstić information content (AvgIpc) is 2.61. The molecular weight excluding hydrogens is 371 g/mol. The number of rotatable bonds is 6. The van der Waals surface area contributed by atoms with Crippen LogP contribution in [0.5, 0.6) is 0 Å². The Bertz CT molecular complexity index is 864. The summed E-state index contributed by atoms with van der Waals surface area (Å²) in [5.74, 6) is -0.953.